The molecule has 0 spiro atoms. The number of sulfonamides is 1. The van der Waals surface area contributed by atoms with Crippen molar-refractivity contribution >= 4 is 27.5 Å². The largest absolute Gasteiger partial charge is 0.495 e. The smallest absolute Gasteiger partial charge is 0.262 e. The monoisotopic (exact) mass is 577 g/mol. The van der Waals surface area contributed by atoms with Crippen molar-refractivity contribution in [1.82, 2.24) is 9.62 Å². The van der Waals surface area contributed by atoms with Gasteiger partial charge in [0.15, 0.2) is 6.10 Å². The first-order valence-electron chi connectivity index (χ1n) is 13.8. The lowest BCUT2D eigenvalue weighted by Crippen LogP contribution is -2.54. The second kappa shape index (κ2) is 12.3. The van der Waals surface area contributed by atoms with Crippen LogP contribution in [0, 0.1) is 12.8 Å². The number of nitrogens with zero attached hydrogens (tertiary/aromatic N) is 2. The standard InChI is InChI=1S/C31H35N3O6S/c1-22-14-15-27(39-2)29(19-22)41(37,38)33-18-8-11-24(20-33)31(36)34-21-28(40-26-13-7-6-12-25(26)34)30(35)32-17-16-23-9-4-3-5-10-23/h3-7,9-10,12-15,19,24,28H,8,11,16-18,20-21H2,1-2H3,(H,32,35)/t24-,28-/m0/s1. The molecule has 1 saturated heterocycles. The van der Waals surface area contributed by atoms with Crippen LogP contribution in [0.4, 0.5) is 5.69 Å². The van der Waals surface area contributed by atoms with E-state index in [4.69, 9.17) is 9.47 Å². The summed E-state index contributed by atoms with van der Waals surface area (Å²) < 4.78 is 40.0. The van der Waals surface area contributed by atoms with Crippen molar-refractivity contribution in [3.8, 4) is 11.5 Å². The summed E-state index contributed by atoms with van der Waals surface area (Å²) in [5, 5.41) is 2.93. The minimum absolute atomic E-state index is 0.0436. The number of rotatable bonds is 8. The van der Waals surface area contributed by atoms with Gasteiger partial charge < -0.3 is 19.7 Å². The number of aryl methyl sites for hydroxylation is 1. The van der Waals surface area contributed by atoms with Crippen molar-refractivity contribution in [3.05, 3.63) is 83.9 Å². The fourth-order valence-electron chi connectivity index (χ4n) is 5.38. The molecule has 0 radical (unpaired) electrons. The molecule has 0 bridgehead atoms. The molecule has 3 aromatic carbocycles. The van der Waals surface area contributed by atoms with Gasteiger partial charge in [-0.15, -0.1) is 0 Å². The van der Waals surface area contributed by atoms with Gasteiger partial charge in [0.05, 0.1) is 25.3 Å². The first-order chi connectivity index (χ1) is 19.8. The lowest BCUT2D eigenvalue weighted by molar-refractivity contribution is -0.129. The van der Waals surface area contributed by atoms with Crippen molar-refractivity contribution in [2.45, 2.75) is 37.2 Å². The molecule has 9 nitrogen and oxygen atoms in total. The zero-order valence-corrected chi connectivity index (χ0v) is 24.1. The Morgan fingerprint density at radius 1 is 1.02 bits per heavy atom. The van der Waals surface area contributed by atoms with E-state index in [9.17, 15) is 18.0 Å². The molecule has 1 N–H and O–H groups in total. The molecule has 3 aromatic rings. The highest BCUT2D eigenvalue weighted by Crippen LogP contribution is 2.36. The number of hydrogen-bond acceptors (Lipinski definition) is 6. The van der Waals surface area contributed by atoms with Crippen LogP contribution < -0.4 is 19.7 Å². The van der Waals surface area contributed by atoms with Gasteiger partial charge in [-0.1, -0.05) is 48.5 Å². The Bertz CT molecular complexity index is 1510. The Morgan fingerprint density at radius 3 is 2.56 bits per heavy atom. The third-order valence-corrected chi connectivity index (χ3v) is 9.44. The Labute approximate surface area is 241 Å². The van der Waals surface area contributed by atoms with Gasteiger partial charge in [0.25, 0.3) is 5.91 Å². The topological polar surface area (TPSA) is 105 Å². The lowest BCUT2D eigenvalue weighted by atomic mass is 9.97. The average molecular weight is 578 g/mol. The highest BCUT2D eigenvalue weighted by Gasteiger charge is 2.40. The summed E-state index contributed by atoms with van der Waals surface area (Å²) in [4.78, 5) is 28.7. The number of hydrogen-bond donors (Lipinski definition) is 1. The number of amides is 2. The Kier molecular flexibility index (Phi) is 8.60. The van der Waals surface area contributed by atoms with Crippen LogP contribution in [0.2, 0.25) is 0 Å². The van der Waals surface area contributed by atoms with Crippen LogP contribution in [0.3, 0.4) is 0 Å². The van der Waals surface area contributed by atoms with Gasteiger partial charge >= 0.3 is 0 Å². The SMILES string of the molecule is COc1ccc(C)cc1S(=O)(=O)N1CCC[C@H](C(=O)N2C[C@@H](C(=O)NCCc3ccccc3)Oc3ccccc32)C1. The van der Waals surface area contributed by atoms with Crippen LogP contribution in [0.1, 0.15) is 24.0 Å². The van der Waals surface area contributed by atoms with Gasteiger partial charge in [-0.3, -0.25) is 9.59 Å². The normalized spacial score (nSPS) is 19.1. The molecular weight excluding hydrogens is 542 g/mol. The van der Waals surface area contributed by atoms with Crippen molar-refractivity contribution in [2.75, 3.05) is 38.2 Å². The predicted octanol–water partition coefficient (Wildman–Crippen LogP) is 3.56. The van der Waals surface area contributed by atoms with E-state index >= 15 is 0 Å². The van der Waals surface area contributed by atoms with E-state index in [1.165, 1.54) is 11.4 Å². The van der Waals surface area contributed by atoms with E-state index in [0.717, 1.165) is 11.1 Å². The molecule has 0 aromatic heterocycles. The molecule has 1 fully saturated rings. The summed E-state index contributed by atoms with van der Waals surface area (Å²) in [6.07, 6.45) is 0.878. The Balaban J connectivity index is 1.31. The van der Waals surface area contributed by atoms with Gasteiger partial charge in [-0.25, -0.2) is 8.42 Å². The minimum atomic E-state index is -3.89. The van der Waals surface area contributed by atoms with Crippen LogP contribution >= 0.6 is 0 Å². The van der Waals surface area contributed by atoms with Gasteiger partial charge in [0.1, 0.15) is 16.4 Å². The number of anilines is 1. The lowest BCUT2D eigenvalue weighted by Gasteiger charge is -2.38. The summed E-state index contributed by atoms with van der Waals surface area (Å²) in [5.41, 5.74) is 2.48. The first kappa shape index (κ1) is 28.6. The average Bonchev–Trinajstić information content (AvgIpc) is 3.00. The molecule has 216 valence electrons. The Morgan fingerprint density at radius 2 is 1.78 bits per heavy atom. The molecule has 2 amide bonds. The molecule has 41 heavy (non-hydrogen) atoms. The summed E-state index contributed by atoms with van der Waals surface area (Å²) in [7, 11) is -2.45. The molecule has 2 aliphatic heterocycles. The highest BCUT2D eigenvalue weighted by molar-refractivity contribution is 7.89. The molecule has 2 aliphatic rings. The van der Waals surface area contributed by atoms with Gasteiger partial charge in [-0.05, 0) is 61.6 Å². The second-order valence-electron chi connectivity index (χ2n) is 10.4. The molecular formula is C31H35N3O6S. The molecule has 5 rings (SSSR count). The van der Waals surface area contributed by atoms with Crippen molar-refractivity contribution in [3.63, 3.8) is 0 Å². The third-order valence-electron chi connectivity index (χ3n) is 7.56. The van der Waals surface area contributed by atoms with Crippen LogP contribution in [-0.4, -0.2) is 63.9 Å². The number of methoxy groups -OCH3 is 1. The van der Waals surface area contributed by atoms with Gasteiger partial charge in [0, 0.05) is 19.6 Å². The molecule has 0 aliphatic carbocycles. The maximum absolute atomic E-state index is 14.0. The third kappa shape index (κ3) is 6.23. The van der Waals surface area contributed by atoms with Crippen molar-refractivity contribution in [1.29, 1.82) is 0 Å². The van der Waals surface area contributed by atoms with Gasteiger partial charge in [-0.2, -0.15) is 4.31 Å². The number of carbonyl (C=O) groups excluding carboxylic acids is 2. The summed E-state index contributed by atoms with van der Waals surface area (Å²) >= 11 is 0. The van der Waals surface area contributed by atoms with E-state index in [-0.39, 0.29) is 35.5 Å². The number of ether oxygens (including phenoxy) is 2. The van der Waals surface area contributed by atoms with Gasteiger partial charge in [0.2, 0.25) is 15.9 Å². The fourth-order valence-corrected chi connectivity index (χ4v) is 7.14. The highest BCUT2D eigenvalue weighted by atomic mass is 32.2. The number of nitrogens with one attached hydrogen (secondary N) is 1. The van der Waals surface area contributed by atoms with E-state index in [1.807, 2.05) is 43.3 Å². The molecule has 2 heterocycles. The first-order valence-corrected chi connectivity index (χ1v) is 15.3. The zero-order chi connectivity index (χ0) is 29.0. The number of benzene rings is 3. The predicted molar refractivity (Wildman–Crippen MR) is 156 cm³/mol. The van der Waals surface area contributed by atoms with E-state index in [2.05, 4.69) is 5.32 Å². The minimum Gasteiger partial charge on any atom is -0.495 e. The second-order valence-corrected chi connectivity index (χ2v) is 12.3. The van der Waals surface area contributed by atoms with Crippen molar-refractivity contribution in [2.24, 2.45) is 5.92 Å². The van der Waals surface area contributed by atoms with Crippen LogP contribution in [0.15, 0.2) is 77.7 Å². The van der Waals surface area contributed by atoms with Crippen LogP contribution in [-0.2, 0) is 26.0 Å². The van der Waals surface area contributed by atoms with Crippen LogP contribution in [0.5, 0.6) is 11.5 Å². The molecule has 0 unspecified atom stereocenters. The zero-order valence-electron chi connectivity index (χ0n) is 23.3. The number of piperidine rings is 1. The number of para-hydroxylation sites is 2. The summed E-state index contributed by atoms with van der Waals surface area (Å²) in [6, 6.07) is 22.0. The maximum Gasteiger partial charge on any atom is 0.262 e. The van der Waals surface area contributed by atoms with E-state index in [0.29, 0.717) is 43.8 Å². The van der Waals surface area contributed by atoms with Crippen molar-refractivity contribution < 1.29 is 27.5 Å². The Hall–Kier alpha value is -3.89. The maximum atomic E-state index is 14.0. The van der Waals surface area contributed by atoms with Crippen LogP contribution in [0.25, 0.3) is 0 Å². The molecule has 0 saturated carbocycles. The summed E-state index contributed by atoms with van der Waals surface area (Å²) in [5.74, 6) is -0.374. The molecule has 10 heteroatoms. The number of fused-ring (bicyclic) bond motifs is 1. The fraction of sp³-hybridized carbons (Fsp3) is 0.355. The van der Waals surface area contributed by atoms with E-state index < -0.39 is 22.0 Å². The quantitative estimate of drug-likeness (QED) is 0.439. The molecule has 2 atom stereocenters. The number of carbonyl (C=O) groups is 2. The van der Waals surface area contributed by atoms with E-state index in [1.54, 1.807) is 41.3 Å². The summed E-state index contributed by atoms with van der Waals surface area (Å²) in [6.45, 7) is 2.67.